The number of nitrogens with one attached hydrogen (secondary N) is 1. The first-order chi connectivity index (χ1) is 13.1. The van der Waals surface area contributed by atoms with Crippen LogP contribution >= 0.6 is 11.3 Å². The number of aryl methyl sites for hydroxylation is 2. The van der Waals surface area contributed by atoms with Gasteiger partial charge in [0, 0.05) is 15.3 Å². The number of thiophene rings is 1. The Morgan fingerprint density at radius 2 is 1.89 bits per heavy atom. The molecule has 2 aromatic rings. The first-order valence-electron chi connectivity index (χ1n) is 8.41. The van der Waals surface area contributed by atoms with Crippen molar-refractivity contribution in [2.24, 2.45) is 0 Å². The van der Waals surface area contributed by atoms with E-state index in [4.69, 9.17) is 0 Å². The molecule has 1 aromatic heterocycles. The molecule has 6 nitrogen and oxygen atoms in total. The van der Waals surface area contributed by atoms with Crippen molar-refractivity contribution in [1.82, 2.24) is 10.2 Å². The zero-order valence-corrected chi connectivity index (χ0v) is 16.2. The number of alkyl halides is 2. The molecule has 0 spiro atoms. The number of hydrogen-bond donors (Lipinski definition) is 1. The van der Waals surface area contributed by atoms with Crippen molar-refractivity contribution in [3.63, 3.8) is 0 Å². The number of rotatable bonds is 6. The van der Waals surface area contributed by atoms with Gasteiger partial charge in [-0.25, -0.2) is 4.79 Å². The second-order valence-corrected chi connectivity index (χ2v) is 8.06. The average Bonchev–Trinajstić information content (AvgIpc) is 3.06. The smallest absolute Gasteiger partial charge is 0.387 e. The van der Waals surface area contributed by atoms with E-state index in [0.29, 0.717) is 11.1 Å². The first kappa shape index (κ1) is 19.9. The molecule has 1 N–H and O–H groups in total. The van der Waals surface area contributed by atoms with E-state index in [-0.39, 0.29) is 18.1 Å². The fraction of sp³-hybridized carbons (Fsp3) is 0.316. The molecule has 0 saturated carbocycles. The van der Waals surface area contributed by atoms with E-state index in [1.807, 2.05) is 13.8 Å². The largest absolute Gasteiger partial charge is 0.435 e. The van der Waals surface area contributed by atoms with Gasteiger partial charge in [-0.3, -0.25) is 14.5 Å². The Morgan fingerprint density at radius 1 is 1.25 bits per heavy atom. The van der Waals surface area contributed by atoms with Crippen molar-refractivity contribution in [2.45, 2.75) is 32.9 Å². The van der Waals surface area contributed by atoms with Crippen LogP contribution in [-0.4, -0.2) is 35.8 Å². The molecule has 1 saturated heterocycles. The molecule has 1 aliphatic rings. The highest BCUT2D eigenvalue weighted by molar-refractivity contribution is 7.12. The van der Waals surface area contributed by atoms with Gasteiger partial charge in [0.25, 0.3) is 5.91 Å². The molecule has 9 heteroatoms. The number of Topliss-reactive ketones (excluding diaryl/α,β-unsaturated/α-hetero) is 1. The summed E-state index contributed by atoms with van der Waals surface area (Å²) in [7, 11) is 0. The summed E-state index contributed by atoms with van der Waals surface area (Å²) in [4.78, 5) is 40.5. The number of amides is 3. The van der Waals surface area contributed by atoms with Crippen LogP contribution in [0, 0.1) is 13.8 Å². The van der Waals surface area contributed by atoms with Crippen LogP contribution in [0.3, 0.4) is 0 Å². The molecule has 3 amide bonds. The van der Waals surface area contributed by atoms with Gasteiger partial charge in [0.1, 0.15) is 11.3 Å². The molecule has 2 heterocycles. The van der Waals surface area contributed by atoms with Crippen LogP contribution in [-0.2, 0) is 10.3 Å². The van der Waals surface area contributed by atoms with Crippen LogP contribution in [0.4, 0.5) is 13.6 Å². The molecular formula is C19H18F2N2O4S. The van der Waals surface area contributed by atoms with Gasteiger partial charge in [0.15, 0.2) is 5.78 Å². The minimum Gasteiger partial charge on any atom is -0.435 e. The molecule has 1 aromatic carbocycles. The summed E-state index contributed by atoms with van der Waals surface area (Å²) in [5, 5.41) is 2.58. The fourth-order valence-electron chi connectivity index (χ4n) is 3.14. The van der Waals surface area contributed by atoms with Crippen LogP contribution in [0.2, 0.25) is 0 Å². The third-order valence-corrected chi connectivity index (χ3v) is 5.54. The van der Waals surface area contributed by atoms with Crippen LogP contribution in [0.5, 0.6) is 5.75 Å². The lowest BCUT2D eigenvalue weighted by Gasteiger charge is -2.22. The maximum Gasteiger partial charge on any atom is 0.387 e. The van der Waals surface area contributed by atoms with Gasteiger partial charge < -0.3 is 10.1 Å². The van der Waals surface area contributed by atoms with Gasteiger partial charge in [0.05, 0.1) is 6.54 Å². The Bertz CT molecular complexity index is 942. The Kier molecular flexibility index (Phi) is 5.20. The van der Waals surface area contributed by atoms with E-state index in [1.165, 1.54) is 42.5 Å². The van der Waals surface area contributed by atoms with Crippen molar-refractivity contribution >= 4 is 29.1 Å². The molecule has 3 rings (SSSR count). The number of hydrogen-bond acceptors (Lipinski definition) is 5. The number of halogens is 2. The Balaban J connectivity index is 1.80. The van der Waals surface area contributed by atoms with E-state index in [1.54, 1.807) is 6.07 Å². The molecule has 1 atom stereocenters. The van der Waals surface area contributed by atoms with Gasteiger partial charge in [-0.1, -0.05) is 12.1 Å². The van der Waals surface area contributed by atoms with Crippen LogP contribution in [0.15, 0.2) is 30.3 Å². The van der Waals surface area contributed by atoms with Crippen molar-refractivity contribution < 1.29 is 27.9 Å². The zero-order valence-electron chi connectivity index (χ0n) is 15.4. The van der Waals surface area contributed by atoms with Crippen molar-refractivity contribution in [2.75, 3.05) is 6.54 Å². The van der Waals surface area contributed by atoms with E-state index in [0.717, 1.165) is 14.7 Å². The molecule has 0 radical (unpaired) electrons. The summed E-state index contributed by atoms with van der Waals surface area (Å²) >= 11 is 1.47. The van der Waals surface area contributed by atoms with E-state index >= 15 is 0 Å². The third kappa shape index (κ3) is 3.62. The molecule has 1 aliphatic heterocycles. The average molecular weight is 408 g/mol. The van der Waals surface area contributed by atoms with Crippen LogP contribution in [0.1, 0.15) is 32.6 Å². The van der Waals surface area contributed by atoms with E-state index in [2.05, 4.69) is 10.1 Å². The van der Waals surface area contributed by atoms with Crippen molar-refractivity contribution in [1.29, 1.82) is 0 Å². The number of nitrogens with zero attached hydrogens (tertiary/aromatic N) is 1. The molecule has 0 bridgehead atoms. The van der Waals surface area contributed by atoms with Crippen molar-refractivity contribution in [3.05, 3.63) is 51.2 Å². The van der Waals surface area contributed by atoms with Crippen molar-refractivity contribution in [3.8, 4) is 5.75 Å². The second kappa shape index (κ2) is 7.31. The summed E-state index contributed by atoms with van der Waals surface area (Å²) in [6, 6.07) is 6.48. The standard InChI is InChI=1S/C19H18F2N2O4S/c1-10-8-14(11(2)28-10)15(24)9-23-16(25)19(3,22-18(23)26)12-4-6-13(7-5-12)27-17(20)21/h4-8,17H,9H2,1-3H3,(H,22,26)/t19-/m0/s1. The normalized spacial score (nSPS) is 19.3. The Morgan fingerprint density at radius 3 is 2.43 bits per heavy atom. The number of carbonyl (C=O) groups excluding carboxylic acids is 3. The number of benzene rings is 1. The number of urea groups is 1. The summed E-state index contributed by atoms with van der Waals surface area (Å²) in [6.45, 7) is 1.86. The molecule has 28 heavy (non-hydrogen) atoms. The van der Waals surface area contributed by atoms with Gasteiger partial charge >= 0.3 is 12.6 Å². The maximum absolute atomic E-state index is 12.9. The lowest BCUT2D eigenvalue weighted by Crippen LogP contribution is -2.41. The lowest BCUT2D eigenvalue weighted by atomic mass is 9.92. The molecule has 1 fully saturated rings. The van der Waals surface area contributed by atoms with Gasteiger partial charge in [-0.05, 0) is 44.5 Å². The number of ketones is 1. The Labute approximate surface area is 164 Å². The van der Waals surface area contributed by atoms with E-state index in [9.17, 15) is 23.2 Å². The van der Waals surface area contributed by atoms with E-state index < -0.39 is 24.1 Å². The second-order valence-electron chi connectivity index (χ2n) is 6.60. The minimum atomic E-state index is -2.96. The minimum absolute atomic E-state index is 0.0607. The summed E-state index contributed by atoms with van der Waals surface area (Å²) in [6.07, 6.45) is 0. The third-order valence-electron chi connectivity index (χ3n) is 4.57. The quantitative estimate of drug-likeness (QED) is 0.585. The molecule has 0 aliphatic carbocycles. The molecule has 148 valence electrons. The lowest BCUT2D eigenvalue weighted by molar-refractivity contribution is -0.130. The molecular weight excluding hydrogens is 390 g/mol. The van der Waals surface area contributed by atoms with Gasteiger partial charge in [-0.2, -0.15) is 8.78 Å². The van der Waals surface area contributed by atoms with Gasteiger partial charge in [0.2, 0.25) is 0 Å². The topological polar surface area (TPSA) is 75.7 Å². The number of imide groups is 1. The molecule has 0 unspecified atom stereocenters. The summed E-state index contributed by atoms with van der Waals surface area (Å²) < 4.78 is 28.9. The fourth-order valence-corrected chi connectivity index (χ4v) is 4.08. The predicted molar refractivity (Wildman–Crippen MR) is 98.8 cm³/mol. The highest BCUT2D eigenvalue weighted by Crippen LogP contribution is 2.31. The van der Waals surface area contributed by atoms with Crippen LogP contribution in [0.25, 0.3) is 0 Å². The zero-order chi connectivity index (χ0) is 20.6. The highest BCUT2D eigenvalue weighted by atomic mass is 32.1. The SMILES string of the molecule is Cc1cc(C(=O)CN2C(=O)N[C@@](C)(c3ccc(OC(F)F)cc3)C2=O)c(C)s1. The number of carbonyl (C=O) groups is 3. The van der Waals surface area contributed by atoms with Gasteiger partial charge in [-0.15, -0.1) is 11.3 Å². The summed E-state index contributed by atoms with van der Waals surface area (Å²) in [5.74, 6) is -0.970. The Hall–Kier alpha value is -2.81. The first-order valence-corrected chi connectivity index (χ1v) is 9.23. The maximum atomic E-state index is 12.9. The predicted octanol–water partition coefficient (Wildman–Crippen LogP) is 3.62. The monoisotopic (exact) mass is 408 g/mol. The van der Waals surface area contributed by atoms with Crippen LogP contribution < -0.4 is 10.1 Å². The number of ether oxygens (including phenoxy) is 1. The summed E-state index contributed by atoms with van der Waals surface area (Å²) in [5.41, 5.74) is -0.518. The highest BCUT2D eigenvalue weighted by Gasteiger charge is 2.49.